The number of benzene rings is 1. The number of pyridine rings is 1. The maximum Gasteiger partial charge on any atom is 0.273 e. The topological polar surface area (TPSA) is 111 Å². The van der Waals surface area contributed by atoms with Gasteiger partial charge in [-0.05, 0) is 32.4 Å². The molecule has 0 saturated carbocycles. The van der Waals surface area contributed by atoms with E-state index in [1.807, 2.05) is 49.7 Å². The lowest BCUT2D eigenvalue weighted by Crippen LogP contribution is -2.26. The first-order valence-electron chi connectivity index (χ1n) is 10.6. The van der Waals surface area contributed by atoms with Crippen molar-refractivity contribution in [1.82, 2.24) is 30.0 Å². The third kappa shape index (κ3) is 3.82. The van der Waals surface area contributed by atoms with Crippen LogP contribution < -0.4 is 10.6 Å². The van der Waals surface area contributed by atoms with Gasteiger partial charge in [0, 0.05) is 25.2 Å². The molecule has 0 spiro atoms. The zero-order valence-corrected chi connectivity index (χ0v) is 19.5. The number of anilines is 1. The predicted octanol–water partition coefficient (Wildman–Crippen LogP) is 4.46. The fraction of sp³-hybridized carbons (Fsp3) is 0.261. The summed E-state index contributed by atoms with van der Waals surface area (Å²) in [5.74, 6) is 1.09. The van der Waals surface area contributed by atoms with E-state index in [4.69, 9.17) is 14.5 Å². The number of fused-ring (bicyclic) bond motifs is 3. The molecular formula is C23H23N7O2S. The summed E-state index contributed by atoms with van der Waals surface area (Å²) >= 11 is 1.54. The molecule has 1 atom stereocenters. The monoisotopic (exact) mass is 461 g/mol. The summed E-state index contributed by atoms with van der Waals surface area (Å²) in [5, 5.41) is 10.9. The second-order valence-electron chi connectivity index (χ2n) is 7.86. The van der Waals surface area contributed by atoms with Crippen molar-refractivity contribution in [2.24, 2.45) is 7.05 Å². The molecule has 4 aromatic heterocycles. The molecular weight excluding hydrogens is 438 g/mol. The summed E-state index contributed by atoms with van der Waals surface area (Å²) in [6.45, 7) is 6.49. The van der Waals surface area contributed by atoms with E-state index in [0.717, 1.165) is 49.9 Å². The highest BCUT2D eigenvalue weighted by Crippen LogP contribution is 2.35. The summed E-state index contributed by atoms with van der Waals surface area (Å²) in [6.07, 6.45) is 1.78. The number of hydrogen-bond donors (Lipinski definition) is 2. The second-order valence-corrected chi connectivity index (χ2v) is 8.84. The van der Waals surface area contributed by atoms with Crippen LogP contribution >= 0.6 is 11.3 Å². The van der Waals surface area contributed by atoms with Gasteiger partial charge in [0.15, 0.2) is 11.5 Å². The van der Waals surface area contributed by atoms with E-state index in [1.54, 1.807) is 19.3 Å². The summed E-state index contributed by atoms with van der Waals surface area (Å²) in [4.78, 5) is 27.5. The van der Waals surface area contributed by atoms with Crippen molar-refractivity contribution in [1.29, 1.82) is 0 Å². The minimum absolute atomic E-state index is 0.217. The lowest BCUT2D eigenvalue weighted by atomic mass is 10.1. The van der Waals surface area contributed by atoms with E-state index >= 15 is 0 Å². The minimum atomic E-state index is -0.275. The lowest BCUT2D eigenvalue weighted by molar-refractivity contribution is 0.0930. The molecule has 0 bridgehead atoms. The molecule has 33 heavy (non-hydrogen) atoms. The quantitative estimate of drug-likeness (QED) is 0.384. The zero-order valence-electron chi connectivity index (χ0n) is 18.7. The average Bonchev–Trinajstić information content (AvgIpc) is 3.52. The first-order chi connectivity index (χ1) is 15.9. The normalized spacial score (nSPS) is 12.4. The Bertz CT molecular complexity index is 1480. The van der Waals surface area contributed by atoms with Crippen molar-refractivity contribution in [3.63, 3.8) is 0 Å². The largest absolute Gasteiger partial charge is 0.368 e. The van der Waals surface area contributed by atoms with Crippen LogP contribution in [0.4, 0.5) is 5.82 Å². The number of hydrogen-bond acceptors (Lipinski definition) is 8. The highest BCUT2D eigenvalue weighted by Gasteiger charge is 2.19. The Kier molecular flexibility index (Phi) is 5.29. The number of carbonyl (C=O) groups is 1. The molecule has 0 aliphatic carbocycles. The first kappa shape index (κ1) is 21.1. The Morgan fingerprint density at radius 3 is 2.85 bits per heavy atom. The summed E-state index contributed by atoms with van der Waals surface area (Å²) < 4.78 is 6.98. The number of carbonyl (C=O) groups excluding carboxylic acids is 1. The Labute approximate surface area is 193 Å². The van der Waals surface area contributed by atoms with Crippen LogP contribution in [0, 0.1) is 6.92 Å². The van der Waals surface area contributed by atoms with Gasteiger partial charge in [-0.25, -0.2) is 15.0 Å². The van der Waals surface area contributed by atoms with E-state index in [1.165, 1.54) is 11.3 Å². The van der Waals surface area contributed by atoms with Crippen LogP contribution in [-0.4, -0.2) is 37.1 Å². The van der Waals surface area contributed by atoms with Crippen molar-refractivity contribution < 1.29 is 9.32 Å². The van der Waals surface area contributed by atoms with Gasteiger partial charge in [0.25, 0.3) is 5.91 Å². The van der Waals surface area contributed by atoms with E-state index in [-0.39, 0.29) is 17.6 Å². The maximum atomic E-state index is 12.5. The van der Waals surface area contributed by atoms with Crippen molar-refractivity contribution in [2.75, 3.05) is 11.9 Å². The number of thiazole rings is 1. The van der Waals surface area contributed by atoms with E-state index < -0.39 is 0 Å². The molecule has 0 saturated heterocycles. The van der Waals surface area contributed by atoms with E-state index in [0.29, 0.717) is 5.76 Å². The van der Waals surface area contributed by atoms with E-state index in [9.17, 15) is 4.79 Å². The Morgan fingerprint density at radius 2 is 2.09 bits per heavy atom. The van der Waals surface area contributed by atoms with Gasteiger partial charge >= 0.3 is 0 Å². The van der Waals surface area contributed by atoms with Gasteiger partial charge in [0.1, 0.15) is 32.1 Å². The molecule has 0 aliphatic heterocycles. The first-order valence-corrected chi connectivity index (χ1v) is 11.5. The number of nitrogens with one attached hydrogen (secondary N) is 2. The Balaban J connectivity index is 1.49. The summed E-state index contributed by atoms with van der Waals surface area (Å²) in [7, 11) is 1.96. The number of imidazole rings is 1. The van der Waals surface area contributed by atoms with Gasteiger partial charge in [-0.1, -0.05) is 34.7 Å². The number of amides is 1. The molecule has 0 aliphatic rings. The zero-order chi connectivity index (χ0) is 23.1. The van der Waals surface area contributed by atoms with E-state index in [2.05, 4.69) is 20.8 Å². The number of nitrogens with zero attached hydrogens (tertiary/aromatic N) is 5. The fourth-order valence-corrected chi connectivity index (χ4v) is 4.70. The Hall–Kier alpha value is -3.79. The predicted molar refractivity (Wildman–Crippen MR) is 128 cm³/mol. The van der Waals surface area contributed by atoms with Crippen molar-refractivity contribution >= 4 is 44.4 Å². The van der Waals surface area contributed by atoms with Crippen LogP contribution in [-0.2, 0) is 7.05 Å². The van der Waals surface area contributed by atoms with Gasteiger partial charge < -0.3 is 19.7 Å². The minimum Gasteiger partial charge on any atom is -0.368 e. The van der Waals surface area contributed by atoms with Crippen LogP contribution in [0.2, 0.25) is 0 Å². The number of aromatic nitrogens is 5. The van der Waals surface area contributed by atoms with Gasteiger partial charge in [0.2, 0.25) is 0 Å². The molecule has 1 amide bonds. The highest BCUT2D eigenvalue weighted by atomic mass is 32.1. The summed E-state index contributed by atoms with van der Waals surface area (Å²) in [6, 6.07) is 9.41. The molecule has 0 fully saturated rings. The third-order valence-corrected chi connectivity index (χ3v) is 6.39. The standard InChI is InChI=1S/C23H23N7O2S/c1-5-24-20-17-19(30(4)11-25-17)18-23(28-20)33-22(27-18)15-8-6-7-14(10-15)13(3)26-21(31)16-9-12(2)32-29-16/h6-11,13H,5H2,1-4H3,(H,24,28)(H,26,31)/t13-/m0/s1. The SMILES string of the molecule is CCNc1nc2sc(-c3cccc([C@H](C)NC(=O)c4cc(C)on4)c3)nc2c2c1ncn2C. The van der Waals surface area contributed by atoms with Gasteiger partial charge in [-0.15, -0.1) is 0 Å². The number of rotatable bonds is 6. The van der Waals surface area contributed by atoms with Crippen molar-refractivity contribution in [3.8, 4) is 10.6 Å². The van der Waals surface area contributed by atoms with Crippen LogP contribution in [0.25, 0.3) is 32.0 Å². The molecule has 5 aromatic rings. The van der Waals surface area contributed by atoms with Crippen LogP contribution in [0.1, 0.15) is 41.7 Å². The van der Waals surface area contributed by atoms with Crippen molar-refractivity contribution in [2.45, 2.75) is 26.8 Å². The van der Waals surface area contributed by atoms with Gasteiger partial charge in [0.05, 0.1) is 12.4 Å². The van der Waals surface area contributed by atoms with Crippen LogP contribution in [0.15, 0.2) is 41.2 Å². The smallest absolute Gasteiger partial charge is 0.273 e. The van der Waals surface area contributed by atoms with Gasteiger partial charge in [-0.3, -0.25) is 4.79 Å². The van der Waals surface area contributed by atoms with Crippen molar-refractivity contribution in [3.05, 3.63) is 53.7 Å². The fourth-order valence-electron chi connectivity index (χ4n) is 3.76. The van der Waals surface area contributed by atoms with Gasteiger partial charge in [-0.2, -0.15) is 0 Å². The molecule has 10 heteroatoms. The summed E-state index contributed by atoms with van der Waals surface area (Å²) in [5.41, 5.74) is 4.81. The van der Waals surface area contributed by atoms with Crippen LogP contribution in [0.5, 0.6) is 0 Å². The number of aryl methyl sites for hydroxylation is 2. The molecule has 0 radical (unpaired) electrons. The molecule has 1 aromatic carbocycles. The van der Waals surface area contributed by atoms with Crippen LogP contribution in [0.3, 0.4) is 0 Å². The molecule has 0 unspecified atom stereocenters. The third-order valence-electron chi connectivity index (χ3n) is 5.39. The molecule has 9 nitrogen and oxygen atoms in total. The lowest BCUT2D eigenvalue weighted by Gasteiger charge is -2.14. The maximum absolute atomic E-state index is 12.5. The average molecular weight is 462 g/mol. The Morgan fingerprint density at radius 1 is 1.24 bits per heavy atom. The molecule has 2 N–H and O–H groups in total. The highest BCUT2D eigenvalue weighted by molar-refractivity contribution is 7.21. The molecule has 5 rings (SSSR count). The molecule has 168 valence electrons. The second kappa shape index (κ2) is 8.28. The molecule has 4 heterocycles.